The van der Waals surface area contributed by atoms with Gasteiger partial charge in [-0.2, -0.15) is 0 Å². The van der Waals surface area contributed by atoms with Gasteiger partial charge in [-0.25, -0.2) is 0 Å². The Morgan fingerprint density at radius 2 is 1.59 bits per heavy atom. The Morgan fingerprint density at radius 3 is 2.24 bits per heavy atom. The Morgan fingerprint density at radius 1 is 0.941 bits per heavy atom. The lowest BCUT2D eigenvalue weighted by atomic mass is 10.3. The zero-order valence-electron chi connectivity index (χ0n) is 9.90. The SMILES string of the molecule is Clc1ccccc1N1CSCCCCCSC1. The van der Waals surface area contributed by atoms with E-state index < -0.39 is 0 Å². The van der Waals surface area contributed by atoms with Crippen LogP contribution in [-0.4, -0.2) is 23.3 Å². The molecule has 0 spiro atoms. The molecule has 1 aromatic carbocycles. The second kappa shape index (κ2) is 7.45. The molecule has 0 bridgehead atoms. The van der Waals surface area contributed by atoms with Gasteiger partial charge in [0.25, 0.3) is 0 Å². The summed E-state index contributed by atoms with van der Waals surface area (Å²) in [7, 11) is 0. The highest BCUT2D eigenvalue weighted by molar-refractivity contribution is 8.00. The summed E-state index contributed by atoms with van der Waals surface area (Å²) >= 11 is 10.3. The van der Waals surface area contributed by atoms with E-state index in [9.17, 15) is 0 Å². The lowest BCUT2D eigenvalue weighted by Gasteiger charge is -2.25. The van der Waals surface area contributed by atoms with Gasteiger partial charge in [0.05, 0.1) is 22.5 Å². The van der Waals surface area contributed by atoms with Crippen LogP contribution >= 0.6 is 35.1 Å². The number of para-hydroxylation sites is 1. The molecule has 1 heterocycles. The molecule has 94 valence electrons. The van der Waals surface area contributed by atoms with Gasteiger partial charge in [-0.05, 0) is 36.5 Å². The molecule has 2 rings (SSSR count). The van der Waals surface area contributed by atoms with Crippen LogP contribution in [0, 0.1) is 0 Å². The van der Waals surface area contributed by atoms with Crippen LogP contribution in [-0.2, 0) is 0 Å². The topological polar surface area (TPSA) is 3.24 Å². The quantitative estimate of drug-likeness (QED) is 0.736. The fraction of sp³-hybridized carbons (Fsp3) is 0.538. The predicted molar refractivity (Wildman–Crippen MR) is 82.4 cm³/mol. The van der Waals surface area contributed by atoms with Crippen LogP contribution in [0.5, 0.6) is 0 Å². The highest BCUT2D eigenvalue weighted by Crippen LogP contribution is 2.29. The minimum absolute atomic E-state index is 0.866. The Labute approximate surface area is 117 Å². The predicted octanol–water partition coefficient (Wildman–Crippen LogP) is 4.71. The molecule has 4 heteroatoms. The summed E-state index contributed by atoms with van der Waals surface area (Å²) in [5.74, 6) is 4.64. The smallest absolute Gasteiger partial charge is 0.0648 e. The van der Waals surface area contributed by atoms with Crippen LogP contribution in [0.1, 0.15) is 19.3 Å². The van der Waals surface area contributed by atoms with Crippen molar-refractivity contribution in [2.24, 2.45) is 0 Å². The van der Waals surface area contributed by atoms with Gasteiger partial charge in [-0.1, -0.05) is 30.2 Å². The molecule has 0 saturated carbocycles. The molecule has 1 saturated heterocycles. The van der Waals surface area contributed by atoms with E-state index in [2.05, 4.69) is 17.0 Å². The number of hydrogen-bond donors (Lipinski definition) is 0. The molecule has 17 heavy (non-hydrogen) atoms. The summed E-state index contributed by atoms with van der Waals surface area (Å²) < 4.78 is 0. The normalized spacial score (nSPS) is 19.0. The Kier molecular flexibility index (Phi) is 5.89. The van der Waals surface area contributed by atoms with Crippen LogP contribution in [0.3, 0.4) is 0 Å². The van der Waals surface area contributed by atoms with Crippen molar-refractivity contribution in [3.05, 3.63) is 29.3 Å². The number of nitrogens with zero attached hydrogens (tertiary/aromatic N) is 1. The van der Waals surface area contributed by atoms with Gasteiger partial charge in [0.1, 0.15) is 0 Å². The Balaban J connectivity index is 2.03. The summed E-state index contributed by atoms with van der Waals surface area (Å²) in [6.07, 6.45) is 4.08. The molecule has 1 aliphatic heterocycles. The van der Waals surface area contributed by atoms with E-state index in [1.54, 1.807) is 0 Å². The van der Waals surface area contributed by atoms with E-state index in [-0.39, 0.29) is 0 Å². The maximum atomic E-state index is 6.26. The zero-order valence-corrected chi connectivity index (χ0v) is 12.3. The fourth-order valence-electron chi connectivity index (χ4n) is 1.82. The van der Waals surface area contributed by atoms with Crippen molar-refractivity contribution >= 4 is 40.8 Å². The van der Waals surface area contributed by atoms with Crippen LogP contribution in [0.2, 0.25) is 5.02 Å². The summed E-state index contributed by atoms with van der Waals surface area (Å²) in [6, 6.07) is 8.16. The van der Waals surface area contributed by atoms with Crippen LogP contribution in [0.4, 0.5) is 5.69 Å². The summed E-state index contributed by atoms with van der Waals surface area (Å²) in [4.78, 5) is 2.39. The van der Waals surface area contributed by atoms with E-state index in [1.807, 2.05) is 35.7 Å². The van der Waals surface area contributed by atoms with Gasteiger partial charge in [-0.3, -0.25) is 0 Å². The molecular weight excluding hydrogens is 270 g/mol. The molecule has 0 N–H and O–H groups in total. The van der Waals surface area contributed by atoms with Crippen LogP contribution in [0.25, 0.3) is 0 Å². The van der Waals surface area contributed by atoms with Gasteiger partial charge in [0.2, 0.25) is 0 Å². The second-order valence-electron chi connectivity index (χ2n) is 4.13. The van der Waals surface area contributed by atoms with E-state index in [1.165, 1.54) is 36.5 Å². The third kappa shape index (κ3) is 4.31. The highest BCUT2D eigenvalue weighted by atomic mass is 35.5. The lowest BCUT2D eigenvalue weighted by Crippen LogP contribution is -2.23. The van der Waals surface area contributed by atoms with Crippen molar-refractivity contribution in [2.75, 3.05) is 28.2 Å². The molecule has 0 radical (unpaired) electrons. The first-order valence-electron chi connectivity index (χ1n) is 6.03. The van der Waals surface area contributed by atoms with Crippen LogP contribution < -0.4 is 4.90 Å². The van der Waals surface area contributed by atoms with Gasteiger partial charge < -0.3 is 4.90 Å². The first-order chi connectivity index (χ1) is 8.38. The molecule has 0 aliphatic carbocycles. The average Bonchev–Trinajstić information content (AvgIpc) is 2.37. The minimum atomic E-state index is 0.866. The third-order valence-corrected chi connectivity index (χ3v) is 5.23. The van der Waals surface area contributed by atoms with Gasteiger partial charge >= 0.3 is 0 Å². The van der Waals surface area contributed by atoms with E-state index in [0.29, 0.717) is 0 Å². The van der Waals surface area contributed by atoms with Gasteiger partial charge in [0, 0.05) is 0 Å². The number of thioether (sulfide) groups is 2. The van der Waals surface area contributed by atoms with Crippen LogP contribution in [0.15, 0.2) is 24.3 Å². The number of anilines is 1. The summed E-state index contributed by atoms with van der Waals surface area (Å²) in [6.45, 7) is 0. The summed E-state index contributed by atoms with van der Waals surface area (Å²) in [5.41, 5.74) is 1.18. The lowest BCUT2D eigenvalue weighted by molar-refractivity contribution is 0.783. The zero-order chi connectivity index (χ0) is 11.9. The Bertz CT molecular complexity index is 336. The van der Waals surface area contributed by atoms with Crippen molar-refractivity contribution in [2.45, 2.75) is 19.3 Å². The molecule has 0 amide bonds. The van der Waals surface area contributed by atoms with Crippen molar-refractivity contribution in [1.29, 1.82) is 0 Å². The van der Waals surface area contributed by atoms with E-state index in [0.717, 1.165) is 16.8 Å². The first kappa shape index (κ1) is 13.4. The first-order valence-corrected chi connectivity index (χ1v) is 8.71. The molecule has 0 unspecified atom stereocenters. The minimum Gasteiger partial charge on any atom is -0.352 e. The fourth-order valence-corrected chi connectivity index (χ4v) is 4.17. The van der Waals surface area contributed by atoms with Crippen molar-refractivity contribution in [3.8, 4) is 0 Å². The molecule has 1 aromatic rings. The standard InChI is InChI=1S/C13H18ClNS2/c14-12-6-2-3-7-13(12)15-10-16-8-4-1-5-9-17-11-15/h2-3,6-7H,1,4-5,8-11H2. The van der Waals surface area contributed by atoms with Crippen molar-refractivity contribution in [3.63, 3.8) is 0 Å². The van der Waals surface area contributed by atoms with E-state index >= 15 is 0 Å². The summed E-state index contributed by atoms with van der Waals surface area (Å²) in [5, 5.41) is 0.866. The van der Waals surface area contributed by atoms with Crippen molar-refractivity contribution < 1.29 is 0 Å². The maximum Gasteiger partial charge on any atom is 0.0648 e. The largest absolute Gasteiger partial charge is 0.352 e. The molecular formula is C13H18ClNS2. The number of halogens is 1. The van der Waals surface area contributed by atoms with Gasteiger partial charge in [0.15, 0.2) is 0 Å². The van der Waals surface area contributed by atoms with E-state index in [4.69, 9.17) is 11.6 Å². The molecule has 0 aromatic heterocycles. The molecule has 1 nitrogen and oxygen atoms in total. The maximum absolute atomic E-state index is 6.26. The van der Waals surface area contributed by atoms with Crippen molar-refractivity contribution in [1.82, 2.24) is 0 Å². The van der Waals surface area contributed by atoms with Gasteiger partial charge in [-0.15, -0.1) is 23.5 Å². The third-order valence-electron chi connectivity index (χ3n) is 2.76. The molecule has 0 atom stereocenters. The Hall–Kier alpha value is 0.01000. The molecule has 1 aliphatic rings. The monoisotopic (exact) mass is 287 g/mol. The highest BCUT2D eigenvalue weighted by Gasteiger charge is 2.10. The number of rotatable bonds is 1. The number of hydrogen-bond acceptors (Lipinski definition) is 3. The molecule has 1 fully saturated rings. The second-order valence-corrected chi connectivity index (χ2v) is 6.68. The number of benzene rings is 1. The average molecular weight is 288 g/mol.